The first-order chi connectivity index (χ1) is 14.0. The quantitative estimate of drug-likeness (QED) is 0.620. The summed E-state index contributed by atoms with van der Waals surface area (Å²) in [6.07, 6.45) is 7.95. The average Bonchev–Trinajstić information content (AvgIpc) is 3.00. The fourth-order valence-corrected chi connectivity index (χ4v) is 5.42. The van der Waals surface area contributed by atoms with Gasteiger partial charge < -0.3 is 4.74 Å². The van der Waals surface area contributed by atoms with Crippen molar-refractivity contribution in [3.63, 3.8) is 0 Å². The molecule has 1 aliphatic carbocycles. The number of allylic oxidation sites excluding steroid dienone is 1. The molecule has 152 valence electrons. The van der Waals surface area contributed by atoms with E-state index in [1.807, 2.05) is 31.2 Å². The molecule has 2 heterocycles. The summed E-state index contributed by atoms with van der Waals surface area (Å²) in [4.78, 5) is 16.8. The minimum atomic E-state index is -0.245. The summed E-state index contributed by atoms with van der Waals surface area (Å²) < 4.78 is 19.6. The van der Waals surface area contributed by atoms with Gasteiger partial charge in [0.05, 0.1) is 11.6 Å². The molecule has 29 heavy (non-hydrogen) atoms. The van der Waals surface area contributed by atoms with Crippen molar-refractivity contribution >= 4 is 12.0 Å². The van der Waals surface area contributed by atoms with E-state index in [0.29, 0.717) is 23.3 Å². The minimum absolute atomic E-state index is 0.00819. The van der Waals surface area contributed by atoms with Gasteiger partial charge in [0.2, 0.25) is 0 Å². The first kappa shape index (κ1) is 19.8. The van der Waals surface area contributed by atoms with Gasteiger partial charge in [0, 0.05) is 23.2 Å². The molecular formula is C25H28FNO2. The Hall–Kier alpha value is -2.49. The second-order valence-electron chi connectivity index (χ2n) is 8.50. The lowest BCUT2D eigenvalue weighted by atomic mass is 9.61. The Morgan fingerprint density at radius 2 is 2.00 bits per heavy atom. The molecule has 1 aliphatic heterocycles. The maximum atomic E-state index is 14.0. The Morgan fingerprint density at radius 1 is 1.21 bits per heavy atom. The number of pyridine rings is 1. The number of hydrogen-bond donors (Lipinski definition) is 0. The first-order valence-corrected chi connectivity index (χ1v) is 10.6. The lowest BCUT2D eigenvalue weighted by Gasteiger charge is -2.41. The van der Waals surface area contributed by atoms with Crippen molar-refractivity contribution in [2.24, 2.45) is 29.6 Å². The van der Waals surface area contributed by atoms with E-state index in [0.717, 1.165) is 24.1 Å². The monoisotopic (exact) mass is 393 g/mol. The number of fused-ring (bicyclic) bond motifs is 1. The molecule has 1 saturated carbocycles. The van der Waals surface area contributed by atoms with Crippen LogP contribution in [-0.4, -0.2) is 17.1 Å². The molecule has 0 unspecified atom stereocenters. The topological polar surface area (TPSA) is 39.2 Å². The highest BCUT2D eigenvalue weighted by Gasteiger charge is 2.52. The van der Waals surface area contributed by atoms with Gasteiger partial charge in [-0.2, -0.15) is 0 Å². The van der Waals surface area contributed by atoms with Crippen molar-refractivity contribution in [3.05, 3.63) is 60.2 Å². The molecule has 0 spiro atoms. The van der Waals surface area contributed by atoms with E-state index in [1.165, 1.54) is 6.07 Å². The van der Waals surface area contributed by atoms with Gasteiger partial charge in [0.1, 0.15) is 11.9 Å². The van der Waals surface area contributed by atoms with E-state index >= 15 is 0 Å². The van der Waals surface area contributed by atoms with Gasteiger partial charge in [-0.25, -0.2) is 4.39 Å². The van der Waals surface area contributed by atoms with Crippen molar-refractivity contribution in [1.29, 1.82) is 0 Å². The summed E-state index contributed by atoms with van der Waals surface area (Å²) in [5.41, 5.74) is 2.16. The van der Waals surface area contributed by atoms with Crippen LogP contribution in [0.2, 0.25) is 0 Å². The zero-order valence-corrected chi connectivity index (χ0v) is 17.2. The number of esters is 1. The van der Waals surface area contributed by atoms with Gasteiger partial charge in [0.15, 0.2) is 0 Å². The van der Waals surface area contributed by atoms with Crippen molar-refractivity contribution in [1.82, 2.24) is 4.98 Å². The maximum absolute atomic E-state index is 14.0. The maximum Gasteiger partial charge on any atom is 0.309 e. The van der Waals surface area contributed by atoms with Crippen LogP contribution in [0.25, 0.3) is 17.2 Å². The van der Waals surface area contributed by atoms with Crippen molar-refractivity contribution in [3.8, 4) is 11.1 Å². The molecule has 2 aliphatic rings. The van der Waals surface area contributed by atoms with Gasteiger partial charge in [0.25, 0.3) is 0 Å². The summed E-state index contributed by atoms with van der Waals surface area (Å²) in [6, 6.07) is 10.5. The molecule has 6 atom stereocenters. The molecule has 0 amide bonds. The molecule has 0 radical (unpaired) electrons. The van der Waals surface area contributed by atoms with Crippen LogP contribution < -0.4 is 0 Å². The van der Waals surface area contributed by atoms with E-state index in [2.05, 4.69) is 24.9 Å². The minimum Gasteiger partial charge on any atom is -0.462 e. The number of hydrogen-bond acceptors (Lipinski definition) is 3. The van der Waals surface area contributed by atoms with Gasteiger partial charge >= 0.3 is 5.97 Å². The molecular weight excluding hydrogens is 365 g/mol. The van der Waals surface area contributed by atoms with Gasteiger partial charge in [-0.1, -0.05) is 50.6 Å². The van der Waals surface area contributed by atoms with E-state index in [4.69, 9.17) is 4.74 Å². The standard InChI is InChI=1S/C25H28FNO2/c1-4-19-15(2)13-22-24(16(3)29-25(22)28)21(19)12-11-18-10-9-17(14-27-18)20-7-5-6-8-23(20)26/h5-12,14-16,19,21-22,24H,4,13H2,1-3H3/t15-,16+,19+,21-,22+,24-/m0/s1. The Kier molecular flexibility index (Phi) is 5.53. The Bertz CT molecular complexity index is 907. The zero-order valence-electron chi connectivity index (χ0n) is 17.2. The number of cyclic esters (lactones) is 1. The number of carbonyl (C=O) groups is 1. The molecule has 2 fully saturated rings. The summed E-state index contributed by atoms with van der Waals surface area (Å²) in [5.74, 6) is 1.28. The Labute approximate surface area is 172 Å². The third-order valence-electron chi connectivity index (χ3n) is 6.84. The number of carbonyl (C=O) groups excluding carboxylic acids is 1. The van der Waals surface area contributed by atoms with Crippen LogP contribution in [0.5, 0.6) is 0 Å². The fraction of sp³-hybridized carbons (Fsp3) is 0.440. The van der Waals surface area contributed by atoms with Gasteiger partial charge in [-0.3, -0.25) is 9.78 Å². The molecule has 1 aromatic carbocycles. The third kappa shape index (κ3) is 3.73. The van der Waals surface area contributed by atoms with Gasteiger partial charge in [-0.05, 0) is 49.3 Å². The highest BCUT2D eigenvalue weighted by Crippen LogP contribution is 2.50. The predicted octanol–water partition coefficient (Wildman–Crippen LogP) is 5.76. The lowest BCUT2D eigenvalue weighted by Crippen LogP contribution is -2.40. The normalized spacial score (nSPS) is 31.7. The van der Waals surface area contributed by atoms with Crippen LogP contribution in [-0.2, 0) is 9.53 Å². The van der Waals surface area contributed by atoms with Crippen LogP contribution >= 0.6 is 0 Å². The third-order valence-corrected chi connectivity index (χ3v) is 6.84. The molecule has 3 nitrogen and oxygen atoms in total. The van der Waals surface area contributed by atoms with Crippen molar-refractivity contribution in [2.45, 2.75) is 39.7 Å². The van der Waals surface area contributed by atoms with E-state index < -0.39 is 0 Å². The second kappa shape index (κ2) is 8.10. The lowest BCUT2D eigenvalue weighted by molar-refractivity contribution is -0.144. The average molecular weight is 394 g/mol. The number of benzene rings is 1. The van der Waals surface area contributed by atoms with Crippen LogP contribution in [0.3, 0.4) is 0 Å². The smallest absolute Gasteiger partial charge is 0.309 e. The predicted molar refractivity (Wildman–Crippen MR) is 112 cm³/mol. The summed E-state index contributed by atoms with van der Waals surface area (Å²) >= 11 is 0. The molecule has 2 aromatic rings. The Balaban J connectivity index is 1.58. The van der Waals surface area contributed by atoms with Crippen molar-refractivity contribution < 1.29 is 13.9 Å². The largest absolute Gasteiger partial charge is 0.462 e. The second-order valence-corrected chi connectivity index (χ2v) is 8.50. The summed E-state index contributed by atoms with van der Waals surface area (Å²) in [6.45, 7) is 6.50. The van der Waals surface area contributed by atoms with Crippen LogP contribution in [0.15, 0.2) is 48.7 Å². The molecule has 1 saturated heterocycles. The summed E-state index contributed by atoms with van der Waals surface area (Å²) in [7, 11) is 0. The van der Waals surface area contributed by atoms with E-state index in [9.17, 15) is 9.18 Å². The van der Waals surface area contributed by atoms with Gasteiger partial charge in [-0.15, -0.1) is 0 Å². The number of nitrogens with zero attached hydrogens (tertiary/aromatic N) is 1. The highest BCUT2D eigenvalue weighted by atomic mass is 19.1. The van der Waals surface area contributed by atoms with Crippen LogP contribution in [0.1, 0.15) is 39.3 Å². The summed E-state index contributed by atoms with van der Waals surface area (Å²) in [5, 5.41) is 0. The Morgan fingerprint density at radius 3 is 2.69 bits per heavy atom. The molecule has 0 bridgehead atoms. The fourth-order valence-electron chi connectivity index (χ4n) is 5.42. The number of aromatic nitrogens is 1. The SMILES string of the molecule is CC[C@H]1[C@H](C=Cc2ccc(-c3ccccc3F)cn2)[C@@H]2[C@@H](C)OC(=O)[C@@H]2C[C@@H]1C. The number of halogens is 1. The first-order valence-electron chi connectivity index (χ1n) is 10.6. The van der Waals surface area contributed by atoms with Crippen LogP contribution in [0, 0.1) is 35.4 Å². The zero-order chi connectivity index (χ0) is 20.5. The van der Waals surface area contributed by atoms with E-state index in [-0.39, 0.29) is 29.7 Å². The molecule has 4 heteroatoms. The van der Waals surface area contributed by atoms with Crippen LogP contribution in [0.4, 0.5) is 4.39 Å². The number of ether oxygens (including phenoxy) is 1. The molecule has 1 aromatic heterocycles. The number of rotatable bonds is 4. The highest BCUT2D eigenvalue weighted by molar-refractivity contribution is 5.75. The van der Waals surface area contributed by atoms with Crippen molar-refractivity contribution in [2.75, 3.05) is 0 Å². The van der Waals surface area contributed by atoms with E-state index in [1.54, 1.807) is 18.3 Å². The molecule has 0 N–H and O–H groups in total. The molecule has 4 rings (SSSR count).